The van der Waals surface area contributed by atoms with E-state index in [1.165, 1.54) is 7.11 Å². The molecular weight excluding hydrogens is 406 g/mol. The Hall–Kier alpha value is -4.39. The molecule has 0 atom stereocenters. The van der Waals surface area contributed by atoms with Gasteiger partial charge in [-0.15, -0.1) is 0 Å². The van der Waals surface area contributed by atoms with Crippen molar-refractivity contribution >= 4 is 34.5 Å². The second-order valence-electron chi connectivity index (χ2n) is 6.97. The summed E-state index contributed by atoms with van der Waals surface area (Å²) in [5, 5.41) is 11.3. The topological polar surface area (TPSA) is 93.3 Å². The number of rotatable bonds is 7. The lowest BCUT2D eigenvalue weighted by Gasteiger charge is -2.12. The molecule has 160 valence electrons. The Bertz CT molecular complexity index is 1260. The van der Waals surface area contributed by atoms with Crippen molar-refractivity contribution in [3.05, 3.63) is 95.7 Å². The molecule has 0 saturated carbocycles. The molecule has 32 heavy (non-hydrogen) atoms. The van der Waals surface area contributed by atoms with Crippen LogP contribution in [0.1, 0.15) is 15.9 Å². The number of aromatic nitrogens is 2. The largest absolute Gasteiger partial charge is 0.488 e. The van der Waals surface area contributed by atoms with E-state index < -0.39 is 5.97 Å². The molecule has 3 aromatic carbocycles. The average molecular weight is 427 g/mol. The Labute approximate surface area is 184 Å². The van der Waals surface area contributed by atoms with Gasteiger partial charge >= 0.3 is 5.97 Å². The van der Waals surface area contributed by atoms with Crippen LogP contribution in [-0.4, -0.2) is 35.8 Å². The standard InChI is InChI=1S/C25H21N3O4/c1-31-25(30)19-11-9-17(10-12-19)15-20(24(29)27-23-13-14-26-28-23)16-32-22-8-4-6-18-5-2-3-7-21(18)22/h2-15H,16H2,1H3,(H2,26,27,28,29). The third kappa shape index (κ3) is 4.84. The van der Waals surface area contributed by atoms with E-state index in [0.29, 0.717) is 22.7 Å². The van der Waals surface area contributed by atoms with Crippen LogP contribution in [0.4, 0.5) is 5.82 Å². The van der Waals surface area contributed by atoms with Gasteiger partial charge in [0, 0.05) is 11.5 Å². The number of esters is 1. The quantitative estimate of drug-likeness (QED) is 0.336. The summed E-state index contributed by atoms with van der Waals surface area (Å²) < 4.78 is 10.8. The first kappa shape index (κ1) is 20.9. The number of carbonyl (C=O) groups is 2. The third-order valence-corrected chi connectivity index (χ3v) is 4.85. The predicted octanol–water partition coefficient (Wildman–Crippen LogP) is 4.45. The van der Waals surface area contributed by atoms with Gasteiger partial charge in [-0.2, -0.15) is 5.10 Å². The smallest absolute Gasteiger partial charge is 0.337 e. The van der Waals surface area contributed by atoms with Crippen molar-refractivity contribution in [3.8, 4) is 5.75 Å². The molecule has 1 amide bonds. The first-order chi connectivity index (χ1) is 15.6. The summed E-state index contributed by atoms with van der Waals surface area (Å²) in [5.41, 5.74) is 1.58. The number of methoxy groups -OCH3 is 1. The van der Waals surface area contributed by atoms with Gasteiger partial charge in [0.1, 0.15) is 18.2 Å². The Morgan fingerprint density at radius 1 is 1.00 bits per heavy atom. The van der Waals surface area contributed by atoms with Crippen molar-refractivity contribution in [2.45, 2.75) is 0 Å². The molecule has 7 nitrogen and oxygen atoms in total. The highest BCUT2D eigenvalue weighted by molar-refractivity contribution is 6.06. The Kier molecular flexibility index (Phi) is 6.27. The summed E-state index contributed by atoms with van der Waals surface area (Å²) in [6.07, 6.45) is 3.27. The van der Waals surface area contributed by atoms with Crippen molar-refractivity contribution in [3.63, 3.8) is 0 Å². The van der Waals surface area contributed by atoms with Gasteiger partial charge in [0.15, 0.2) is 0 Å². The first-order valence-electron chi connectivity index (χ1n) is 9.94. The van der Waals surface area contributed by atoms with Crippen LogP contribution in [0.3, 0.4) is 0 Å². The number of nitrogens with zero attached hydrogens (tertiary/aromatic N) is 1. The van der Waals surface area contributed by atoms with Crippen LogP contribution in [-0.2, 0) is 9.53 Å². The minimum atomic E-state index is -0.419. The molecule has 0 fully saturated rings. The van der Waals surface area contributed by atoms with Crippen LogP contribution in [0.5, 0.6) is 5.75 Å². The van der Waals surface area contributed by atoms with Crippen molar-refractivity contribution in [2.75, 3.05) is 19.0 Å². The number of ether oxygens (including phenoxy) is 2. The fraction of sp³-hybridized carbons (Fsp3) is 0.0800. The summed E-state index contributed by atoms with van der Waals surface area (Å²) in [5.74, 6) is 0.417. The van der Waals surface area contributed by atoms with E-state index in [2.05, 4.69) is 15.5 Å². The highest BCUT2D eigenvalue weighted by Crippen LogP contribution is 2.26. The summed E-state index contributed by atoms with van der Waals surface area (Å²) in [6, 6.07) is 22.1. The minimum Gasteiger partial charge on any atom is -0.488 e. The maximum Gasteiger partial charge on any atom is 0.337 e. The zero-order valence-electron chi connectivity index (χ0n) is 17.4. The van der Waals surface area contributed by atoms with Crippen LogP contribution in [0.15, 0.2) is 84.6 Å². The lowest BCUT2D eigenvalue weighted by Crippen LogP contribution is -2.19. The van der Waals surface area contributed by atoms with Crippen molar-refractivity contribution in [1.82, 2.24) is 10.2 Å². The number of benzene rings is 3. The lowest BCUT2D eigenvalue weighted by atomic mass is 10.1. The van der Waals surface area contributed by atoms with Gasteiger partial charge in [-0.05, 0) is 35.2 Å². The van der Waals surface area contributed by atoms with Crippen LogP contribution in [0.2, 0.25) is 0 Å². The SMILES string of the molecule is COC(=O)c1ccc(C=C(COc2cccc3ccccc23)C(=O)Nc2ccn[nH]2)cc1. The predicted molar refractivity (Wildman–Crippen MR) is 122 cm³/mol. The Morgan fingerprint density at radius 2 is 1.78 bits per heavy atom. The van der Waals surface area contributed by atoms with E-state index >= 15 is 0 Å². The molecule has 4 rings (SSSR count). The van der Waals surface area contributed by atoms with Gasteiger partial charge < -0.3 is 14.8 Å². The molecule has 0 radical (unpaired) electrons. The molecule has 0 saturated heterocycles. The van der Waals surface area contributed by atoms with E-state index in [1.807, 2.05) is 42.5 Å². The van der Waals surface area contributed by atoms with Crippen LogP contribution < -0.4 is 10.1 Å². The highest BCUT2D eigenvalue weighted by atomic mass is 16.5. The van der Waals surface area contributed by atoms with E-state index in [0.717, 1.165) is 16.3 Å². The Morgan fingerprint density at radius 3 is 2.53 bits per heavy atom. The molecular formula is C25H21N3O4. The van der Waals surface area contributed by atoms with E-state index in [9.17, 15) is 9.59 Å². The van der Waals surface area contributed by atoms with Crippen LogP contribution >= 0.6 is 0 Å². The lowest BCUT2D eigenvalue weighted by molar-refractivity contribution is -0.113. The normalized spacial score (nSPS) is 11.2. The zero-order chi connectivity index (χ0) is 22.3. The molecule has 0 aliphatic heterocycles. The Balaban J connectivity index is 1.60. The molecule has 7 heteroatoms. The number of nitrogens with one attached hydrogen (secondary N) is 2. The fourth-order valence-corrected chi connectivity index (χ4v) is 3.21. The van der Waals surface area contributed by atoms with E-state index in [4.69, 9.17) is 9.47 Å². The number of fused-ring (bicyclic) bond motifs is 1. The second-order valence-corrected chi connectivity index (χ2v) is 6.97. The molecule has 2 N–H and O–H groups in total. The van der Waals surface area contributed by atoms with Gasteiger partial charge in [-0.25, -0.2) is 4.79 Å². The van der Waals surface area contributed by atoms with E-state index in [-0.39, 0.29) is 12.5 Å². The molecule has 1 heterocycles. The van der Waals surface area contributed by atoms with Gasteiger partial charge in [-0.1, -0.05) is 48.5 Å². The van der Waals surface area contributed by atoms with E-state index in [1.54, 1.807) is 42.6 Å². The minimum absolute atomic E-state index is 0.0483. The van der Waals surface area contributed by atoms with Gasteiger partial charge in [0.05, 0.1) is 24.4 Å². The van der Waals surface area contributed by atoms with Crippen molar-refractivity contribution < 1.29 is 19.1 Å². The average Bonchev–Trinajstić information content (AvgIpc) is 3.34. The van der Waals surface area contributed by atoms with Gasteiger partial charge in [-0.3, -0.25) is 9.89 Å². The number of carbonyl (C=O) groups excluding carboxylic acids is 2. The molecule has 4 aromatic rings. The summed E-state index contributed by atoms with van der Waals surface area (Å²) in [6.45, 7) is 0.0483. The molecule has 0 bridgehead atoms. The molecule has 0 unspecified atom stereocenters. The number of anilines is 1. The van der Waals surface area contributed by atoms with Gasteiger partial charge in [0.25, 0.3) is 5.91 Å². The summed E-state index contributed by atoms with van der Waals surface area (Å²) >= 11 is 0. The number of hydrogen-bond donors (Lipinski definition) is 2. The summed E-state index contributed by atoms with van der Waals surface area (Å²) in [4.78, 5) is 24.6. The monoisotopic (exact) mass is 427 g/mol. The zero-order valence-corrected chi connectivity index (χ0v) is 17.4. The van der Waals surface area contributed by atoms with Crippen LogP contribution in [0, 0.1) is 0 Å². The number of hydrogen-bond acceptors (Lipinski definition) is 5. The highest BCUT2D eigenvalue weighted by Gasteiger charge is 2.13. The number of aromatic amines is 1. The first-order valence-corrected chi connectivity index (χ1v) is 9.94. The third-order valence-electron chi connectivity index (χ3n) is 4.85. The molecule has 1 aromatic heterocycles. The summed E-state index contributed by atoms with van der Waals surface area (Å²) in [7, 11) is 1.33. The second kappa shape index (κ2) is 9.61. The molecule has 0 aliphatic rings. The maximum absolute atomic E-state index is 12.9. The number of H-pyrrole nitrogens is 1. The van der Waals surface area contributed by atoms with Gasteiger partial charge in [0.2, 0.25) is 0 Å². The number of amides is 1. The maximum atomic E-state index is 12.9. The molecule has 0 aliphatic carbocycles. The molecule has 0 spiro atoms. The fourth-order valence-electron chi connectivity index (χ4n) is 3.21. The van der Waals surface area contributed by atoms with Crippen molar-refractivity contribution in [2.24, 2.45) is 0 Å². The van der Waals surface area contributed by atoms with Crippen molar-refractivity contribution in [1.29, 1.82) is 0 Å². The van der Waals surface area contributed by atoms with Crippen LogP contribution in [0.25, 0.3) is 16.8 Å².